The normalized spacial score (nSPS) is 11.0. The maximum atomic E-state index is 13.5. The van der Waals surface area contributed by atoms with Gasteiger partial charge in [0.25, 0.3) is 0 Å². The number of fused-ring (bicyclic) bond motifs is 1. The van der Waals surface area contributed by atoms with E-state index in [-0.39, 0.29) is 18.1 Å². The van der Waals surface area contributed by atoms with Gasteiger partial charge in [-0.15, -0.1) is 10.2 Å². The van der Waals surface area contributed by atoms with Crippen molar-refractivity contribution in [1.82, 2.24) is 25.1 Å². The van der Waals surface area contributed by atoms with Gasteiger partial charge in [-0.2, -0.15) is 9.61 Å². The van der Waals surface area contributed by atoms with Crippen molar-refractivity contribution in [3.05, 3.63) is 46.5 Å². The van der Waals surface area contributed by atoms with Crippen LogP contribution < -0.4 is 5.32 Å². The Kier molecular flexibility index (Phi) is 4.61. The second kappa shape index (κ2) is 6.82. The number of aromatic nitrogens is 4. The number of hydrogen-bond acceptors (Lipinski definition) is 5. The van der Waals surface area contributed by atoms with Crippen LogP contribution in [0.5, 0.6) is 0 Å². The molecule has 0 radical (unpaired) electrons. The topological polar surface area (TPSA) is 72.2 Å². The Balaban J connectivity index is 1.45. The predicted octanol–water partition coefficient (Wildman–Crippen LogP) is 1.92. The SMILES string of the molecule is Cc1nnc2sc(CCNC(=O)CCc3ccccc3F)nn12. The molecule has 0 bridgehead atoms. The number of benzene rings is 1. The lowest BCUT2D eigenvalue weighted by atomic mass is 10.1. The molecule has 0 aliphatic carbocycles. The molecule has 0 unspecified atom stereocenters. The third-order valence-corrected chi connectivity index (χ3v) is 4.39. The van der Waals surface area contributed by atoms with Crippen molar-refractivity contribution in [3.63, 3.8) is 0 Å². The van der Waals surface area contributed by atoms with Crippen molar-refractivity contribution >= 4 is 22.2 Å². The molecule has 0 spiro atoms. The van der Waals surface area contributed by atoms with E-state index < -0.39 is 0 Å². The molecule has 3 rings (SSSR count). The van der Waals surface area contributed by atoms with E-state index in [0.29, 0.717) is 24.9 Å². The van der Waals surface area contributed by atoms with Crippen molar-refractivity contribution in [2.24, 2.45) is 0 Å². The molecule has 0 fully saturated rings. The number of nitrogens with zero attached hydrogens (tertiary/aromatic N) is 4. The van der Waals surface area contributed by atoms with E-state index in [9.17, 15) is 9.18 Å². The molecule has 2 heterocycles. The number of amides is 1. The first kappa shape index (κ1) is 15.5. The smallest absolute Gasteiger partial charge is 0.234 e. The summed E-state index contributed by atoms with van der Waals surface area (Å²) in [6, 6.07) is 6.51. The number of rotatable bonds is 6. The first-order valence-corrected chi connectivity index (χ1v) is 8.13. The number of carbonyl (C=O) groups is 1. The average Bonchev–Trinajstić information content (AvgIpc) is 3.09. The Hall–Kier alpha value is -2.35. The van der Waals surface area contributed by atoms with Gasteiger partial charge in [0.05, 0.1) is 0 Å². The molecule has 1 aromatic carbocycles. The van der Waals surface area contributed by atoms with E-state index in [1.165, 1.54) is 17.4 Å². The lowest BCUT2D eigenvalue weighted by Gasteiger charge is -2.04. The molecule has 0 saturated heterocycles. The van der Waals surface area contributed by atoms with Gasteiger partial charge in [-0.05, 0) is 25.0 Å². The van der Waals surface area contributed by atoms with Crippen LogP contribution in [0.4, 0.5) is 4.39 Å². The van der Waals surface area contributed by atoms with Crippen molar-refractivity contribution in [2.75, 3.05) is 6.54 Å². The van der Waals surface area contributed by atoms with E-state index in [0.717, 1.165) is 15.8 Å². The Morgan fingerprint density at radius 1 is 1.30 bits per heavy atom. The summed E-state index contributed by atoms with van der Waals surface area (Å²) in [7, 11) is 0. The lowest BCUT2D eigenvalue weighted by molar-refractivity contribution is -0.121. The van der Waals surface area contributed by atoms with E-state index in [4.69, 9.17) is 0 Å². The Labute approximate surface area is 136 Å². The summed E-state index contributed by atoms with van der Waals surface area (Å²) < 4.78 is 15.2. The molecule has 23 heavy (non-hydrogen) atoms. The molecule has 0 saturated carbocycles. The van der Waals surface area contributed by atoms with Gasteiger partial charge >= 0.3 is 0 Å². The zero-order valence-electron chi connectivity index (χ0n) is 12.6. The predicted molar refractivity (Wildman–Crippen MR) is 84.8 cm³/mol. The molecule has 0 atom stereocenters. The van der Waals surface area contributed by atoms with E-state index in [2.05, 4.69) is 20.6 Å². The summed E-state index contributed by atoms with van der Waals surface area (Å²) in [5, 5.41) is 16.0. The Morgan fingerprint density at radius 2 is 2.13 bits per heavy atom. The summed E-state index contributed by atoms with van der Waals surface area (Å²) in [4.78, 5) is 12.6. The third kappa shape index (κ3) is 3.70. The average molecular weight is 333 g/mol. The molecule has 8 heteroatoms. The molecule has 120 valence electrons. The Morgan fingerprint density at radius 3 is 2.91 bits per heavy atom. The fraction of sp³-hybridized carbons (Fsp3) is 0.333. The van der Waals surface area contributed by atoms with Crippen LogP contribution in [0.1, 0.15) is 22.8 Å². The van der Waals surface area contributed by atoms with Crippen LogP contribution in [0.3, 0.4) is 0 Å². The zero-order valence-corrected chi connectivity index (χ0v) is 13.4. The standard InChI is InChI=1S/C15H16FN5OS/c1-10-18-19-15-21(10)20-14(23-15)8-9-17-13(22)7-6-11-4-2-3-5-12(11)16/h2-5H,6-9H2,1H3,(H,17,22). The van der Waals surface area contributed by atoms with Crippen molar-refractivity contribution in [2.45, 2.75) is 26.2 Å². The van der Waals surface area contributed by atoms with Crippen LogP contribution in [0, 0.1) is 12.7 Å². The van der Waals surface area contributed by atoms with Crippen molar-refractivity contribution < 1.29 is 9.18 Å². The van der Waals surface area contributed by atoms with Crippen molar-refractivity contribution in [3.8, 4) is 0 Å². The second-order valence-electron chi connectivity index (χ2n) is 5.13. The highest BCUT2D eigenvalue weighted by Gasteiger charge is 2.09. The second-order valence-corrected chi connectivity index (χ2v) is 6.17. The van der Waals surface area contributed by atoms with Gasteiger partial charge in [-0.25, -0.2) is 4.39 Å². The summed E-state index contributed by atoms with van der Waals surface area (Å²) in [5.41, 5.74) is 0.562. The molecule has 0 aliphatic heterocycles. The van der Waals surface area contributed by atoms with Crippen LogP contribution >= 0.6 is 11.3 Å². The van der Waals surface area contributed by atoms with E-state index in [1.807, 2.05) is 6.92 Å². The highest BCUT2D eigenvalue weighted by Crippen LogP contribution is 2.13. The number of carbonyl (C=O) groups excluding carboxylic acids is 1. The van der Waals surface area contributed by atoms with Gasteiger partial charge in [0.15, 0.2) is 5.82 Å². The molecule has 1 amide bonds. The first-order valence-electron chi connectivity index (χ1n) is 7.31. The number of aryl methyl sites for hydroxylation is 2. The fourth-order valence-electron chi connectivity index (χ4n) is 2.20. The molecule has 0 aliphatic rings. The summed E-state index contributed by atoms with van der Waals surface area (Å²) in [5.74, 6) is 0.388. The van der Waals surface area contributed by atoms with Crippen LogP contribution in [0.25, 0.3) is 4.96 Å². The summed E-state index contributed by atoms with van der Waals surface area (Å²) in [6.07, 6.45) is 1.30. The van der Waals surface area contributed by atoms with E-state index >= 15 is 0 Å². The van der Waals surface area contributed by atoms with Crippen LogP contribution in [-0.2, 0) is 17.6 Å². The van der Waals surface area contributed by atoms with Gasteiger partial charge in [-0.1, -0.05) is 29.5 Å². The Bertz CT molecular complexity index is 828. The number of nitrogens with one attached hydrogen (secondary N) is 1. The monoisotopic (exact) mass is 333 g/mol. The van der Waals surface area contributed by atoms with Gasteiger partial charge < -0.3 is 5.32 Å². The maximum absolute atomic E-state index is 13.5. The molecule has 6 nitrogen and oxygen atoms in total. The molecule has 1 N–H and O–H groups in total. The lowest BCUT2D eigenvalue weighted by Crippen LogP contribution is -2.26. The van der Waals surface area contributed by atoms with Crippen LogP contribution in [0.15, 0.2) is 24.3 Å². The largest absolute Gasteiger partial charge is 0.356 e. The van der Waals surface area contributed by atoms with Gasteiger partial charge in [0.1, 0.15) is 10.8 Å². The first-order chi connectivity index (χ1) is 11.1. The van der Waals surface area contributed by atoms with Gasteiger partial charge in [0, 0.05) is 19.4 Å². The highest BCUT2D eigenvalue weighted by atomic mass is 32.1. The fourth-order valence-corrected chi connectivity index (χ4v) is 3.08. The minimum atomic E-state index is -0.268. The number of hydrogen-bond donors (Lipinski definition) is 1. The minimum absolute atomic E-state index is 0.0903. The molecule has 2 aromatic heterocycles. The van der Waals surface area contributed by atoms with E-state index in [1.54, 1.807) is 22.7 Å². The van der Waals surface area contributed by atoms with Crippen LogP contribution in [-0.4, -0.2) is 32.3 Å². The van der Waals surface area contributed by atoms with Gasteiger partial charge in [0.2, 0.25) is 10.9 Å². The molecular weight excluding hydrogens is 317 g/mol. The maximum Gasteiger partial charge on any atom is 0.234 e. The zero-order chi connectivity index (χ0) is 16.2. The number of halogens is 1. The highest BCUT2D eigenvalue weighted by molar-refractivity contribution is 7.16. The van der Waals surface area contributed by atoms with Crippen LogP contribution in [0.2, 0.25) is 0 Å². The summed E-state index contributed by atoms with van der Waals surface area (Å²) >= 11 is 1.46. The van der Waals surface area contributed by atoms with Crippen molar-refractivity contribution in [1.29, 1.82) is 0 Å². The molecular formula is C15H16FN5OS. The third-order valence-electron chi connectivity index (χ3n) is 3.43. The minimum Gasteiger partial charge on any atom is -0.356 e. The quantitative estimate of drug-likeness (QED) is 0.748. The van der Waals surface area contributed by atoms with Gasteiger partial charge in [-0.3, -0.25) is 4.79 Å². The summed E-state index contributed by atoms with van der Waals surface area (Å²) in [6.45, 7) is 2.34. The molecule has 3 aromatic rings.